The Hall–Kier alpha value is -0.860. The summed E-state index contributed by atoms with van der Waals surface area (Å²) in [5, 5.41) is 0. The molecule has 0 unspecified atom stereocenters. The van der Waals surface area contributed by atoms with Gasteiger partial charge >= 0.3 is 5.97 Å². The van der Waals surface area contributed by atoms with Crippen LogP contribution >= 0.6 is 0 Å². The second kappa shape index (κ2) is 1.49. The molecule has 0 aromatic carbocycles. The minimum Gasteiger partial charge on any atom is -0.454 e. The Morgan fingerprint density at radius 2 is 2.09 bits per heavy atom. The molecule has 2 aliphatic carbocycles. The van der Waals surface area contributed by atoms with E-state index in [-0.39, 0.29) is 35.6 Å². The van der Waals surface area contributed by atoms with Crippen molar-refractivity contribution in [2.24, 2.45) is 17.8 Å². The van der Waals surface area contributed by atoms with E-state index in [9.17, 15) is 9.59 Å². The van der Waals surface area contributed by atoms with Gasteiger partial charge in [-0.05, 0) is 12.8 Å². The lowest BCUT2D eigenvalue weighted by molar-refractivity contribution is -0.147. The van der Waals surface area contributed by atoms with Crippen LogP contribution in [0.15, 0.2) is 0 Å². The van der Waals surface area contributed by atoms with Gasteiger partial charge in [0.2, 0.25) is 0 Å². The molecule has 2 saturated carbocycles. The molecule has 3 aliphatic rings. The van der Waals surface area contributed by atoms with Gasteiger partial charge in [-0.1, -0.05) is 0 Å². The molecular formula is C8H8O3. The van der Waals surface area contributed by atoms with Gasteiger partial charge in [0.15, 0.2) is 11.9 Å². The van der Waals surface area contributed by atoms with Crippen molar-refractivity contribution in [1.29, 1.82) is 0 Å². The van der Waals surface area contributed by atoms with Crippen molar-refractivity contribution in [3.05, 3.63) is 0 Å². The zero-order chi connectivity index (χ0) is 7.59. The van der Waals surface area contributed by atoms with Gasteiger partial charge in [-0.25, -0.2) is 0 Å². The van der Waals surface area contributed by atoms with E-state index >= 15 is 0 Å². The van der Waals surface area contributed by atoms with Crippen LogP contribution in [-0.2, 0) is 14.3 Å². The van der Waals surface area contributed by atoms with E-state index in [1.54, 1.807) is 0 Å². The minimum atomic E-state index is -0.341. The molecule has 4 atom stereocenters. The lowest BCUT2D eigenvalue weighted by Crippen LogP contribution is -2.26. The lowest BCUT2D eigenvalue weighted by atomic mass is 9.89. The molecule has 58 valence electrons. The summed E-state index contributed by atoms with van der Waals surface area (Å²) in [4.78, 5) is 22.4. The standard InChI is InChI=1S/C8H8O3/c9-6-3-1-4-5(2-3)8(10)11-7(4)6/h3-5,7H,1-2H2/t3-,4+,5-,7-/m0/s1. The summed E-state index contributed by atoms with van der Waals surface area (Å²) >= 11 is 0. The van der Waals surface area contributed by atoms with Crippen LogP contribution in [0.3, 0.4) is 0 Å². The second-order valence-corrected chi connectivity index (χ2v) is 3.70. The minimum absolute atomic E-state index is 0.0719. The zero-order valence-electron chi connectivity index (χ0n) is 5.95. The maximum absolute atomic E-state index is 11.3. The molecule has 3 fully saturated rings. The van der Waals surface area contributed by atoms with E-state index < -0.39 is 0 Å². The summed E-state index contributed by atoms with van der Waals surface area (Å²) in [6, 6.07) is 0. The number of Topliss-reactive ketones (excluding diaryl/α,β-unsaturated/α-hetero) is 1. The van der Waals surface area contributed by atoms with Gasteiger partial charge < -0.3 is 4.74 Å². The molecule has 1 aliphatic heterocycles. The molecule has 3 rings (SSSR count). The first-order valence-corrected chi connectivity index (χ1v) is 4.01. The molecule has 0 amide bonds. The van der Waals surface area contributed by atoms with E-state index in [1.807, 2.05) is 0 Å². The third-order valence-corrected chi connectivity index (χ3v) is 3.23. The van der Waals surface area contributed by atoms with Gasteiger partial charge in [0, 0.05) is 11.8 Å². The molecule has 0 spiro atoms. The van der Waals surface area contributed by atoms with Crippen molar-refractivity contribution < 1.29 is 14.3 Å². The molecule has 2 bridgehead atoms. The molecule has 3 nitrogen and oxygen atoms in total. The first kappa shape index (κ1) is 5.75. The highest BCUT2D eigenvalue weighted by atomic mass is 16.6. The van der Waals surface area contributed by atoms with Crippen molar-refractivity contribution in [3.8, 4) is 0 Å². The monoisotopic (exact) mass is 152 g/mol. The topological polar surface area (TPSA) is 43.4 Å². The number of rotatable bonds is 0. The molecule has 1 heterocycles. The van der Waals surface area contributed by atoms with Gasteiger partial charge in [0.05, 0.1) is 5.92 Å². The van der Waals surface area contributed by atoms with Gasteiger partial charge in [0.1, 0.15) is 0 Å². The maximum atomic E-state index is 11.3. The Morgan fingerprint density at radius 3 is 2.73 bits per heavy atom. The SMILES string of the molecule is O=C1O[C@@H]2C(=O)[C@H]3C[C@@H]2[C@@H]1C3. The number of carbonyl (C=O) groups is 2. The fourth-order valence-corrected chi connectivity index (χ4v) is 2.71. The van der Waals surface area contributed by atoms with Crippen LogP contribution < -0.4 is 0 Å². The first-order valence-electron chi connectivity index (χ1n) is 4.01. The number of hydrogen-bond donors (Lipinski definition) is 0. The Kier molecular flexibility index (Phi) is 0.780. The van der Waals surface area contributed by atoms with Crippen molar-refractivity contribution in [1.82, 2.24) is 0 Å². The highest BCUT2D eigenvalue weighted by molar-refractivity contribution is 5.96. The summed E-state index contributed by atoms with van der Waals surface area (Å²) in [7, 11) is 0. The zero-order valence-corrected chi connectivity index (χ0v) is 5.95. The molecular weight excluding hydrogens is 144 g/mol. The average molecular weight is 152 g/mol. The van der Waals surface area contributed by atoms with Crippen LogP contribution in [0.5, 0.6) is 0 Å². The van der Waals surface area contributed by atoms with Crippen molar-refractivity contribution >= 4 is 11.8 Å². The van der Waals surface area contributed by atoms with Crippen molar-refractivity contribution in [2.75, 3.05) is 0 Å². The number of fused-ring (bicyclic) bond motifs is 1. The third-order valence-electron chi connectivity index (χ3n) is 3.23. The summed E-state index contributed by atoms with van der Waals surface area (Å²) in [5.74, 6) is 0.523. The Balaban J connectivity index is 2.10. The van der Waals surface area contributed by atoms with Crippen LogP contribution in [0, 0.1) is 17.8 Å². The highest BCUT2D eigenvalue weighted by Gasteiger charge is 2.61. The van der Waals surface area contributed by atoms with E-state index in [2.05, 4.69) is 0 Å². The fourth-order valence-electron chi connectivity index (χ4n) is 2.71. The van der Waals surface area contributed by atoms with Crippen LogP contribution in [0.4, 0.5) is 0 Å². The number of hydrogen-bond acceptors (Lipinski definition) is 3. The van der Waals surface area contributed by atoms with Crippen LogP contribution in [0.25, 0.3) is 0 Å². The quantitative estimate of drug-likeness (QED) is 0.463. The first-order chi connectivity index (χ1) is 5.27. The molecule has 11 heavy (non-hydrogen) atoms. The summed E-state index contributed by atoms with van der Waals surface area (Å²) < 4.78 is 4.96. The number of ketones is 1. The van der Waals surface area contributed by atoms with E-state index in [1.165, 1.54) is 0 Å². The van der Waals surface area contributed by atoms with Crippen LogP contribution in [-0.4, -0.2) is 17.9 Å². The van der Waals surface area contributed by atoms with Gasteiger partial charge in [0.25, 0.3) is 0 Å². The third kappa shape index (κ3) is 0.481. The second-order valence-electron chi connectivity index (χ2n) is 3.70. The number of esters is 1. The number of ether oxygens (including phenoxy) is 1. The van der Waals surface area contributed by atoms with E-state index in [4.69, 9.17) is 4.74 Å². The largest absolute Gasteiger partial charge is 0.454 e. The Morgan fingerprint density at radius 1 is 1.27 bits per heavy atom. The highest BCUT2D eigenvalue weighted by Crippen LogP contribution is 2.52. The summed E-state index contributed by atoms with van der Waals surface area (Å²) in [6.07, 6.45) is 1.32. The Bertz CT molecular complexity index is 258. The average Bonchev–Trinajstić information content (AvgIpc) is 2.53. The predicted octanol–water partition coefficient (Wildman–Crippen LogP) is 0.137. The summed E-state index contributed by atoms with van der Waals surface area (Å²) in [5.41, 5.74) is 0. The van der Waals surface area contributed by atoms with E-state index in [0.29, 0.717) is 0 Å². The van der Waals surface area contributed by atoms with Crippen LogP contribution in [0.1, 0.15) is 12.8 Å². The number of carbonyl (C=O) groups excluding carboxylic acids is 2. The molecule has 1 saturated heterocycles. The van der Waals surface area contributed by atoms with Gasteiger partial charge in [-0.2, -0.15) is 0 Å². The summed E-state index contributed by atoms with van der Waals surface area (Å²) in [6.45, 7) is 0. The van der Waals surface area contributed by atoms with Gasteiger partial charge in [-0.3, -0.25) is 9.59 Å². The molecule has 0 radical (unpaired) electrons. The smallest absolute Gasteiger partial charge is 0.310 e. The van der Waals surface area contributed by atoms with Crippen LogP contribution in [0.2, 0.25) is 0 Å². The lowest BCUT2D eigenvalue weighted by Gasteiger charge is -2.10. The molecule has 0 N–H and O–H groups in total. The predicted molar refractivity (Wildman–Crippen MR) is 34.6 cm³/mol. The molecule has 0 aromatic rings. The Labute approximate surface area is 63.7 Å². The molecule has 0 aromatic heterocycles. The van der Waals surface area contributed by atoms with Gasteiger partial charge in [-0.15, -0.1) is 0 Å². The van der Waals surface area contributed by atoms with Crippen molar-refractivity contribution in [2.45, 2.75) is 18.9 Å². The van der Waals surface area contributed by atoms with Crippen molar-refractivity contribution in [3.63, 3.8) is 0 Å². The fraction of sp³-hybridized carbons (Fsp3) is 0.750. The molecule has 3 heteroatoms. The van der Waals surface area contributed by atoms with E-state index in [0.717, 1.165) is 12.8 Å². The normalized spacial score (nSPS) is 52.0. The maximum Gasteiger partial charge on any atom is 0.310 e.